The number of hydrogen-bond donors (Lipinski definition) is 1. The van der Waals surface area contributed by atoms with Crippen LogP contribution in [0.3, 0.4) is 0 Å². The summed E-state index contributed by atoms with van der Waals surface area (Å²) in [5, 5.41) is 3.92. The highest BCUT2D eigenvalue weighted by Gasteiger charge is 2.21. The van der Waals surface area contributed by atoms with Crippen LogP contribution in [0.2, 0.25) is 0 Å². The third-order valence-electron chi connectivity index (χ3n) is 3.68. The van der Waals surface area contributed by atoms with Gasteiger partial charge in [-0.25, -0.2) is 13.1 Å². The first kappa shape index (κ1) is 18.6. The zero-order chi connectivity index (χ0) is 18.7. The number of aryl methyl sites for hydroxylation is 1. The van der Waals surface area contributed by atoms with Gasteiger partial charge in [-0.1, -0.05) is 45.4 Å². The Bertz CT molecular complexity index is 1030. The molecule has 0 amide bonds. The number of nitrogens with one attached hydrogen (secondary N) is 1. The van der Waals surface area contributed by atoms with E-state index in [9.17, 15) is 8.42 Å². The minimum Gasteiger partial charge on any atom is -0.495 e. The molecule has 1 N–H and O–H groups in total. The van der Waals surface area contributed by atoms with E-state index in [4.69, 9.17) is 9.26 Å². The molecule has 0 bridgehead atoms. The Labute approximate surface area is 159 Å². The Morgan fingerprint density at radius 1 is 1.23 bits per heavy atom. The number of nitrogens with zero attached hydrogens (tertiary/aromatic N) is 2. The van der Waals surface area contributed by atoms with Crippen molar-refractivity contribution >= 4 is 26.0 Å². The first-order chi connectivity index (χ1) is 12.4. The van der Waals surface area contributed by atoms with Gasteiger partial charge in [0.1, 0.15) is 10.6 Å². The van der Waals surface area contributed by atoms with Crippen molar-refractivity contribution in [3.8, 4) is 17.1 Å². The summed E-state index contributed by atoms with van der Waals surface area (Å²) >= 11 is 3.26. The van der Waals surface area contributed by atoms with E-state index in [-0.39, 0.29) is 23.1 Å². The predicted molar refractivity (Wildman–Crippen MR) is 99.2 cm³/mol. The van der Waals surface area contributed by atoms with Gasteiger partial charge in [0.2, 0.25) is 21.7 Å². The fraction of sp³-hybridized carbons (Fsp3) is 0.176. The van der Waals surface area contributed by atoms with Gasteiger partial charge in [0, 0.05) is 10.0 Å². The average Bonchev–Trinajstić information content (AvgIpc) is 3.09. The van der Waals surface area contributed by atoms with Gasteiger partial charge in [0.15, 0.2) is 0 Å². The zero-order valence-electron chi connectivity index (χ0n) is 14.1. The lowest BCUT2D eigenvalue weighted by atomic mass is 10.1. The molecule has 0 aliphatic carbocycles. The number of ether oxygens (including phenoxy) is 1. The van der Waals surface area contributed by atoms with Gasteiger partial charge in [0.25, 0.3) is 0 Å². The van der Waals surface area contributed by atoms with Crippen LogP contribution in [-0.4, -0.2) is 25.7 Å². The summed E-state index contributed by atoms with van der Waals surface area (Å²) < 4.78 is 38.5. The maximum atomic E-state index is 12.6. The average molecular weight is 438 g/mol. The normalized spacial score (nSPS) is 11.5. The van der Waals surface area contributed by atoms with E-state index in [0.717, 1.165) is 11.1 Å². The molecule has 0 saturated heterocycles. The van der Waals surface area contributed by atoms with Crippen LogP contribution in [0, 0.1) is 6.92 Å². The van der Waals surface area contributed by atoms with Crippen molar-refractivity contribution in [3.05, 3.63) is 58.4 Å². The van der Waals surface area contributed by atoms with E-state index in [1.54, 1.807) is 12.1 Å². The molecule has 1 heterocycles. The highest BCUT2D eigenvalue weighted by Crippen LogP contribution is 2.27. The number of methoxy groups -OCH3 is 1. The van der Waals surface area contributed by atoms with E-state index in [2.05, 4.69) is 30.8 Å². The SMILES string of the molecule is COc1ccc(Br)cc1S(=O)(=O)NCc1nc(-c2ccccc2C)no1. The fourth-order valence-corrected chi connectivity index (χ4v) is 4.03. The monoisotopic (exact) mass is 437 g/mol. The highest BCUT2D eigenvalue weighted by molar-refractivity contribution is 9.10. The molecule has 0 fully saturated rings. The first-order valence-corrected chi connectivity index (χ1v) is 9.90. The Balaban J connectivity index is 1.79. The third kappa shape index (κ3) is 3.95. The number of hydrogen-bond acceptors (Lipinski definition) is 6. The van der Waals surface area contributed by atoms with Crippen LogP contribution in [0.1, 0.15) is 11.5 Å². The molecule has 0 spiro atoms. The number of halogens is 1. The van der Waals surface area contributed by atoms with Gasteiger partial charge < -0.3 is 9.26 Å². The Morgan fingerprint density at radius 3 is 2.73 bits per heavy atom. The van der Waals surface area contributed by atoms with Crippen molar-refractivity contribution in [2.24, 2.45) is 0 Å². The largest absolute Gasteiger partial charge is 0.495 e. The van der Waals surface area contributed by atoms with Crippen LogP contribution in [0.25, 0.3) is 11.4 Å². The van der Waals surface area contributed by atoms with Crippen LogP contribution in [0.5, 0.6) is 5.75 Å². The zero-order valence-corrected chi connectivity index (χ0v) is 16.5. The maximum absolute atomic E-state index is 12.6. The second kappa shape index (κ2) is 7.56. The van der Waals surface area contributed by atoms with E-state index in [1.165, 1.54) is 13.2 Å². The summed E-state index contributed by atoms with van der Waals surface area (Å²) in [6.07, 6.45) is 0. The van der Waals surface area contributed by atoms with Gasteiger partial charge in [-0.3, -0.25) is 0 Å². The highest BCUT2D eigenvalue weighted by atomic mass is 79.9. The standard InChI is InChI=1S/C17H16BrN3O4S/c1-11-5-3-4-6-13(11)17-20-16(25-21-17)10-19-26(22,23)15-9-12(18)7-8-14(15)24-2/h3-9,19H,10H2,1-2H3. The Hall–Kier alpha value is -2.23. The summed E-state index contributed by atoms with van der Waals surface area (Å²) in [6.45, 7) is 1.81. The minimum atomic E-state index is -3.82. The van der Waals surface area contributed by atoms with Gasteiger partial charge >= 0.3 is 0 Å². The molecule has 3 aromatic rings. The molecule has 0 aliphatic heterocycles. The maximum Gasteiger partial charge on any atom is 0.244 e. The summed E-state index contributed by atoms with van der Waals surface area (Å²) in [6, 6.07) is 12.3. The predicted octanol–water partition coefficient (Wildman–Crippen LogP) is 3.29. The molecule has 0 radical (unpaired) electrons. The van der Waals surface area contributed by atoms with Crippen LogP contribution in [0.15, 0.2) is 56.4 Å². The summed E-state index contributed by atoms with van der Waals surface area (Å²) in [5.41, 5.74) is 1.83. The lowest BCUT2D eigenvalue weighted by Crippen LogP contribution is -2.24. The molecule has 26 heavy (non-hydrogen) atoms. The van der Waals surface area contributed by atoms with Gasteiger partial charge in [-0.2, -0.15) is 4.98 Å². The fourth-order valence-electron chi connectivity index (χ4n) is 2.35. The molecule has 0 saturated carbocycles. The van der Waals surface area contributed by atoms with Crippen molar-refractivity contribution < 1.29 is 17.7 Å². The molecule has 0 aliphatic rings. The van der Waals surface area contributed by atoms with Gasteiger partial charge in [-0.05, 0) is 30.7 Å². The lowest BCUT2D eigenvalue weighted by molar-refractivity contribution is 0.375. The molecule has 0 atom stereocenters. The van der Waals surface area contributed by atoms with Crippen molar-refractivity contribution in [2.75, 3.05) is 7.11 Å². The van der Waals surface area contributed by atoms with E-state index in [1.807, 2.05) is 31.2 Å². The summed E-state index contributed by atoms with van der Waals surface area (Å²) in [7, 11) is -2.41. The van der Waals surface area contributed by atoms with E-state index >= 15 is 0 Å². The first-order valence-electron chi connectivity index (χ1n) is 7.62. The molecule has 1 aromatic heterocycles. The Kier molecular flexibility index (Phi) is 5.40. The third-order valence-corrected chi connectivity index (χ3v) is 5.60. The number of rotatable bonds is 6. The summed E-state index contributed by atoms with van der Waals surface area (Å²) in [4.78, 5) is 4.27. The van der Waals surface area contributed by atoms with Crippen LogP contribution in [0.4, 0.5) is 0 Å². The second-order valence-electron chi connectivity index (χ2n) is 5.45. The van der Waals surface area contributed by atoms with Crippen molar-refractivity contribution in [1.82, 2.24) is 14.9 Å². The smallest absolute Gasteiger partial charge is 0.244 e. The van der Waals surface area contributed by atoms with Crippen LogP contribution >= 0.6 is 15.9 Å². The van der Waals surface area contributed by atoms with Gasteiger partial charge in [0.05, 0.1) is 13.7 Å². The van der Waals surface area contributed by atoms with Gasteiger partial charge in [-0.15, -0.1) is 0 Å². The lowest BCUT2D eigenvalue weighted by Gasteiger charge is -2.10. The molecule has 3 rings (SSSR count). The molecular weight excluding hydrogens is 422 g/mol. The second-order valence-corrected chi connectivity index (χ2v) is 8.10. The quantitative estimate of drug-likeness (QED) is 0.635. The number of sulfonamides is 1. The molecular formula is C17H16BrN3O4S. The van der Waals surface area contributed by atoms with Crippen LogP contribution < -0.4 is 9.46 Å². The van der Waals surface area contributed by atoms with E-state index in [0.29, 0.717) is 10.3 Å². The summed E-state index contributed by atoms with van der Waals surface area (Å²) in [5.74, 6) is 0.824. The Morgan fingerprint density at radius 2 is 2.00 bits per heavy atom. The molecule has 2 aromatic carbocycles. The topological polar surface area (TPSA) is 94.3 Å². The molecule has 9 heteroatoms. The van der Waals surface area contributed by atoms with Crippen molar-refractivity contribution in [3.63, 3.8) is 0 Å². The van der Waals surface area contributed by atoms with E-state index < -0.39 is 10.0 Å². The van der Waals surface area contributed by atoms with Crippen LogP contribution in [-0.2, 0) is 16.6 Å². The molecule has 136 valence electrons. The van der Waals surface area contributed by atoms with Crippen molar-refractivity contribution in [1.29, 1.82) is 0 Å². The number of aromatic nitrogens is 2. The molecule has 7 nitrogen and oxygen atoms in total. The minimum absolute atomic E-state index is 0.0213. The molecule has 0 unspecified atom stereocenters. The van der Waals surface area contributed by atoms with Crippen molar-refractivity contribution in [2.45, 2.75) is 18.4 Å². The number of benzene rings is 2.